The molecular weight excluding hydrogens is 387 g/mol. The Bertz CT molecular complexity index is 987. The van der Waals surface area contributed by atoms with Gasteiger partial charge in [-0.3, -0.25) is 20.4 Å². The molecule has 3 rings (SSSR count). The van der Waals surface area contributed by atoms with Gasteiger partial charge in [-0.25, -0.2) is 4.68 Å². The van der Waals surface area contributed by atoms with Crippen LogP contribution in [0.4, 0.5) is 0 Å². The number of hydrazine groups is 1. The van der Waals surface area contributed by atoms with E-state index in [2.05, 4.69) is 16.0 Å². The summed E-state index contributed by atoms with van der Waals surface area (Å²) in [5.41, 5.74) is 6.70. The van der Waals surface area contributed by atoms with E-state index in [4.69, 9.17) is 23.2 Å². The fourth-order valence-electron chi connectivity index (χ4n) is 2.55. The molecule has 27 heavy (non-hydrogen) atoms. The van der Waals surface area contributed by atoms with Crippen LogP contribution in [0.25, 0.3) is 0 Å². The number of carbonyl (C=O) groups excluding carboxylic acids is 2. The van der Waals surface area contributed by atoms with Crippen molar-refractivity contribution in [2.24, 2.45) is 0 Å². The van der Waals surface area contributed by atoms with Crippen molar-refractivity contribution >= 4 is 35.0 Å². The Kier molecular flexibility index (Phi) is 5.78. The van der Waals surface area contributed by atoms with Crippen LogP contribution < -0.4 is 10.9 Å². The number of hydrogen-bond acceptors (Lipinski definition) is 3. The normalized spacial score (nSPS) is 10.5. The summed E-state index contributed by atoms with van der Waals surface area (Å²) in [6.07, 6.45) is 0. The SMILES string of the molecule is Cc1nn(Cc2ccccc2)c(Cl)c1C(=O)NNC(=O)c1cccc(Cl)c1. The van der Waals surface area contributed by atoms with E-state index in [1.165, 1.54) is 6.07 Å². The van der Waals surface area contributed by atoms with Crippen LogP contribution in [0, 0.1) is 6.92 Å². The minimum absolute atomic E-state index is 0.200. The number of rotatable bonds is 4. The van der Waals surface area contributed by atoms with E-state index in [1.807, 2.05) is 30.3 Å². The molecule has 2 N–H and O–H groups in total. The molecule has 1 heterocycles. The lowest BCUT2D eigenvalue weighted by Crippen LogP contribution is -2.41. The summed E-state index contributed by atoms with van der Waals surface area (Å²) in [6.45, 7) is 2.11. The zero-order valence-corrected chi connectivity index (χ0v) is 15.9. The van der Waals surface area contributed by atoms with E-state index < -0.39 is 11.8 Å². The second-order valence-corrected chi connectivity index (χ2v) is 6.61. The molecule has 2 amide bonds. The molecule has 1 aromatic heterocycles. The van der Waals surface area contributed by atoms with E-state index in [0.717, 1.165) is 5.56 Å². The van der Waals surface area contributed by atoms with Crippen LogP contribution in [-0.4, -0.2) is 21.6 Å². The van der Waals surface area contributed by atoms with E-state index in [1.54, 1.807) is 29.8 Å². The topological polar surface area (TPSA) is 76.0 Å². The Morgan fingerprint density at radius 1 is 1.00 bits per heavy atom. The first-order chi connectivity index (χ1) is 13.0. The van der Waals surface area contributed by atoms with Gasteiger partial charge in [0.15, 0.2) is 0 Å². The van der Waals surface area contributed by atoms with Gasteiger partial charge in [-0.2, -0.15) is 5.10 Å². The molecule has 6 nitrogen and oxygen atoms in total. The monoisotopic (exact) mass is 402 g/mol. The van der Waals surface area contributed by atoms with Crippen molar-refractivity contribution in [1.82, 2.24) is 20.6 Å². The third kappa shape index (κ3) is 4.48. The summed E-state index contributed by atoms with van der Waals surface area (Å²) in [5.74, 6) is -1.04. The predicted octanol–water partition coefficient (Wildman–Crippen LogP) is 3.62. The van der Waals surface area contributed by atoms with Crippen LogP contribution in [0.1, 0.15) is 32.0 Å². The average molecular weight is 403 g/mol. The Balaban J connectivity index is 1.70. The van der Waals surface area contributed by atoms with Crippen LogP contribution in [0.3, 0.4) is 0 Å². The molecule has 2 aromatic carbocycles. The first kappa shape index (κ1) is 18.9. The molecule has 0 fully saturated rings. The smallest absolute Gasteiger partial charge is 0.267 e. The molecule has 0 aliphatic carbocycles. The highest BCUT2D eigenvalue weighted by Crippen LogP contribution is 2.20. The van der Waals surface area contributed by atoms with Gasteiger partial charge < -0.3 is 0 Å². The van der Waals surface area contributed by atoms with Gasteiger partial charge in [-0.05, 0) is 30.7 Å². The zero-order valence-electron chi connectivity index (χ0n) is 14.4. The molecule has 0 saturated heterocycles. The molecule has 0 radical (unpaired) electrons. The van der Waals surface area contributed by atoms with Gasteiger partial charge in [-0.15, -0.1) is 0 Å². The quantitative estimate of drug-likeness (QED) is 0.654. The Morgan fingerprint density at radius 3 is 2.41 bits per heavy atom. The van der Waals surface area contributed by atoms with E-state index in [-0.39, 0.29) is 10.7 Å². The molecule has 0 aliphatic heterocycles. The van der Waals surface area contributed by atoms with Gasteiger partial charge in [0, 0.05) is 10.6 Å². The highest BCUT2D eigenvalue weighted by atomic mass is 35.5. The van der Waals surface area contributed by atoms with E-state index in [9.17, 15) is 9.59 Å². The van der Waals surface area contributed by atoms with E-state index >= 15 is 0 Å². The molecule has 0 spiro atoms. The minimum Gasteiger partial charge on any atom is -0.267 e. The lowest BCUT2D eigenvalue weighted by Gasteiger charge is -2.08. The van der Waals surface area contributed by atoms with E-state index in [0.29, 0.717) is 22.8 Å². The maximum Gasteiger partial charge on any atom is 0.274 e. The van der Waals surface area contributed by atoms with Crippen LogP contribution in [0.15, 0.2) is 54.6 Å². The average Bonchev–Trinajstić information content (AvgIpc) is 2.93. The maximum absolute atomic E-state index is 12.5. The van der Waals surface area contributed by atoms with Crippen LogP contribution in [-0.2, 0) is 6.54 Å². The largest absolute Gasteiger partial charge is 0.274 e. The van der Waals surface area contributed by atoms with Crippen molar-refractivity contribution in [2.75, 3.05) is 0 Å². The maximum atomic E-state index is 12.5. The van der Waals surface area contributed by atoms with Crippen molar-refractivity contribution in [1.29, 1.82) is 0 Å². The Hall–Kier alpha value is -2.83. The number of benzene rings is 2. The fourth-order valence-corrected chi connectivity index (χ4v) is 3.06. The summed E-state index contributed by atoms with van der Waals surface area (Å²) in [4.78, 5) is 24.6. The zero-order chi connectivity index (χ0) is 19.4. The number of aryl methyl sites for hydroxylation is 1. The summed E-state index contributed by atoms with van der Waals surface area (Å²) in [5, 5.41) is 4.94. The molecule has 138 valence electrons. The van der Waals surface area contributed by atoms with Crippen molar-refractivity contribution in [2.45, 2.75) is 13.5 Å². The molecule has 0 atom stereocenters. The minimum atomic E-state index is -0.549. The lowest BCUT2D eigenvalue weighted by atomic mass is 10.2. The van der Waals surface area contributed by atoms with Crippen molar-refractivity contribution in [3.63, 3.8) is 0 Å². The summed E-state index contributed by atoms with van der Waals surface area (Å²) >= 11 is 12.2. The first-order valence-electron chi connectivity index (χ1n) is 8.09. The van der Waals surface area contributed by atoms with Gasteiger partial charge in [0.05, 0.1) is 12.2 Å². The van der Waals surface area contributed by atoms with Crippen molar-refractivity contribution in [3.05, 3.63) is 87.2 Å². The molecule has 0 bridgehead atoms. The van der Waals surface area contributed by atoms with Gasteiger partial charge >= 0.3 is 0 Å². The molecule has 0 saturated carbocycles. The second kappa shape index (κ2) is 8.24. The van der Waals surface area contributed by atoms with Gasteiger partial charge in [0.25, 0.3) is 11.8 Å². The van der Waals surface area contributed by atoms with Gasteiger partial charge in [0.1, 0.15) is 10.7 Å². The van der Waals surface area contributed by atoms with Crippen LogP contribution in [0.2, 0.25) is 10.2 Å². The van der Waals surface area contributed by atoms with Gasteiger partial charge in [0.2, 0.25) is 0 Å². The summed E-state index contributed by atoms with van der Waals surface area (Å²) < 4.78 is 1.54. The third-order valence-electron chi connectivity index (χ3n) is 3.84. The predicted molar refractivity (Wildman–Crippen MR) is 104 cm³/mol. The van der Waals surface area contributed by atoms with Crippen molar-refractivity contribution < 1.29 is 9.59 Å². The van der Waals surface area contributed by atoms with Gasteiger partial charge in [-0.1, -0.05) is 59.6 Å². The number of nitrogens with one attached hydrogen (secondary N) is 2. The molecular formula is C19H16Cl2N4O2. The number of amides is 2. The standard InChI is InChI=1S/C19H16Cl2N4O2/c1-12-16(17(21)25(24-12)11-13-6-3-2-4-7-13)19(27)23-22-18(26)14-8-5-9-15(20)10-14/h2-10H,11H2,1H3,(H,22,26)(H,23,27). The highest BCUT2D eigenvalue weighted by Gasteiger charge is 2.21. The molecule has 3 aromatic rings. The van der Waals surface area contributed by atoms with Crippen LogP contribution in [0.5, 0.6) is 0 Å². The number of aromatic nitrogens is 2. The summed E-state index contributed by atoms with van der Waals surface area (Å²) in [7, 11) is 0. The van der Waals surface area contributed by atoms with Crippen LogP contribution >= 0.6 is 23.2 Å². The second-order valence-electron chi connectivity index (χ2n) is 5.81. The number of carbonyl (C=O) groups is 2. The lowest BCUT2D eigenvalue weighted by molar-refractivity contribution is 0.0846. The first-order valence-corrected chi connectivity index (χ1v) is 8.84. The molecule has 0 unspecified atom stereocenters. The Labute approximate surface area is 166 Å². The molecule has 8 heteroatoms. The third-order valence-corrected chi connectivity index (χ3v) is 4.46. The number of hydrogen-bond donors (Lipinski definition) is 2. The highest BCUT2D eigenvalue weighted by molar-refractivity contribution is 6.33. The Morgan fingerprint density at radius 2 is 1.70 bits per heavy atom. The van der Waals surface area contributed by atoms with Crippen molar-refractivity contribution in [3.8, 4) is 0 Å². The fraction of sp³-hybridized carbons (Fsp3) is 0.105. The number of nitrogens with zero attached hydrogens (tertiary/aromatic N) is 2. The summed E-state index contributed by atoms with van der Waals surface area (Å²) in [6, 6.07) is 16.0. The number of halogens is 2. The molecule has 0 aliphatic rings.